The Bertz CT molecular complexity index is 628. The van der Waals surface area contributed by atoms with E-state index in [2.05, 4.69) is 16.0 Å². The summed E-state index contributed by atoms with van der Waals surface area (Å²) < 4.78 is 0. The molecule has 1 aromatic carbocycles. The minimum Gasteiger partial charge on any atom is -0.325 e. The van der Waals surface area contributed by atoms with Crippen molar-refractivity contribution in [2.24, 2.45) is 17.8 Å². The quantitative estimate of drug-likeness (QED) is 0.689. The van der Waals surface area contributed by atoms with Gasteiger partial charge in [-0.25, -0.2) is 0 Å². The van der Waals surface area contributed by atoms with Crippen LogP contribution in [0, 0.1) is 38.5 Å². The molecule has 0 saturated carbocycles. The third-order valence-corrected chi connectivity index (χ3v) is 4.57. The Morgan fingerprint density at radius 1 is 0.519 bits per heavy atom. The van der Waals surface area contributed by atoms with E-state index in [1.807, 2.05) is 62.3 Å². The van der Waals surface area contributed by atoms with Crippen molar-refractivity contribution in [3.05, 3.63) is 16.7 Å². The maximum absolute atomic E-state index is 12.3. The SMILES string of the molecule is Cc1c(NC(=O)C(C)C)c(C)c(NC(=O)C(C)C)c(C)c1NC(=O)C(C)C. The molecular weight excluding hydrogens is 342 g/mol. The first-order valence-corrected chi connectivity index (χ1v) is 9.44. The molecule has 0 aromatic heterocycles. The first-order valence-electron chi connectivity index (χ1n) is 9.44. The van der Waals surface area contributed by atoms with Crippen LogP contribution in [0.3, 0.4) is 0 Å². The van der Waals surface area contributed by atoms with Crippen LogP contribution in [-0.4, -0.2) is 17.7 Å². The van der Waals surface area contributed by atoms with Gasteiger partial charge >= 0.3 is 0 Å². The van der Waals surface area contributed by atoms with Crippen molar-refractivity contribution in [1.82, 2.24) is 0 Å². The summed E-state index contributed by atoms with van der Waals surface area (Å²) in [5, 5.41) is 8.85. The monoisotopic (exact) mass is 375 g/mol. The number of hydrogen-bond donors (Lipinski definition) is 3. The van der Waals surface area contributed by atoms with Gasteiger partial charge in [-0.05, 0) is 37.5 Å². The standard InChI is InChI=1S/C21H33N3O3/c1-10(2)19(25)22-16-13(7)17(23-20(26)11(3)4)15(9)18(14(16)8)24-21(27)12(5)6/h10-12H,1-9H3,(H,22,25)(H,23,26)(H,24,27). The van der Waals surface area contributed by atoms with Gasteiger partial charge in [-0.2, -0.15) is 0 Å². The molecule has 150 valence electrons. The molecule has 0 aliphatic heterocycles. The van der Waals surface area contributed by atoms with Gasteiger partial charge in [0.2, 0.25) is 17.7 Å². The Labute approximate surface area is 162 Å². The van der Waals surface area contributed by atoms with E-state index in [0.717, 1.165) is 16.7 Å². The lowest BCUT2D eigenvalue weighted by Gasteiger charge is -2.24. The first kappa shape index (κ1) is 22.7. The van der Waals surface area contributed by atoms with E-state index >= 15 is 0 Å². The van der Waals surface area contributed by atoms with Crippen molar-refractivity contribution in [1.29, 1.82) is 0 Å². The normalized spacial score (nSPS) is 11.1. The van der Waals surface area contributed by atoms with Gasteiger partial charge in [0.25, 0.3) is 0 Å². The maximum Gasteiger partial charge on any atom is 0.226 e. The molecule has 0 bridgehead atoms. The van der Waals surface area contributed by atoms with Gasteiger partial charge in [0.1, 0.15) is 0 Å². The molecule has 0 radical (unpaired) electrons. The second-order valence-electron chi connectivity index (χ2n) is 7.93. The van der Waals surface area contributed by atoms with Crippen LogP contribution in [-0.2, 0) is 14.4 Å². The van der Waals surface area contributed by atoms with Gasteiger partial charge in [0.05, 0.1) is 17.1 Å². The van der Waals surface area contributed by atoms with Crippen molar-refractivity contribution in [2.75, 3.05) is 16.0 Å². The van der Waals surface area contributed by atoms with E-state index in [0.29, 0.717) is 17.1 Å². The minimum atomic E-state index is -0.187. The molecule has 6 nitrogen and oxygen atoms in total. The van der Waals surface area contributed by atoms with Crippen molar-refractivity contribution >= 4 is 34.8 Å². The summed E-state index contributed by atoms with van der Waals surface area (Å²) in [6.45, 7) is 16.5. The van der Waals surface area contributed by atoms with Crippen LogP contribution in [0.5, 0.6) is 0 Å². The average Bonchev–Trinajstić information content (AvgIpc) is 2.58. The summed E-state index contributed by atoms with van der Waals surface area (Å²) in [6, 6.07) is 0. The van der Waals surface area contributed by atoms with Crippen LogP contribution < -0.4 is 16.0 Å². The number of carbonyl (C=O) groups excluding carboxylic acids is 3. The smallest absolute Gasteiger partial charge is 0.226 e. The maximum atomic E-state index is 12.3. The van der Waals surface area contributed by atoms with Gasteiger partial charge in [0.15, 0.2) is 0 Å². The predicted octanol–water partition coefficient (Wildman–Crippen LogP) is 4.40. The average molecular weight is 376 g/mol. The van der Waals surface area contributed by atoms with Crippen LogP contribution in [0.2, 0.25) is 0 Å². The largest absolute Gasteiger partial charge is 0.325 e. The van der Waals surface area contributed by atoms with Crippen LogP contribution in [0.4, 0.5) is 17.1 Å². The third-order valence-electron chi connectivity index (χ3n) is 4.57. The van der Waals surface area contributed by atoms with Crippen LogP contribution in [0.1, 0.15) is 58.2 Å². The van der Waals surface area contributed by atoms with E-state index in [1.54, 1.807) is 0 Å². The Morgan fingerprint density at radius 2 is 0.704 bits per heavy atom. The molecule has 0 fully saturated rings. The Morgan fingerprint density at radius 3 is 0.852 bits per heavy atom. The van der Waals surface area contributed by atoms with Crippen LogP contribution in [0.25, 0.3) is 0 Å². The number of anilines is 3. The van der Waals surface area contributed by atoms with Gasteiger partial charge in [-0.15, -0.1) is 0 Å². The summed E-state index contributed by atoms with van der Waals surface area (Å²) in [6.07, 6.45) is 0. The van der Waals surface area contributed by atoms with Crippen molar-refractivity contribution in [3.8, 4) is 0 Å². The first-order chi connectivity index (χ1) is 12.4. The highest BCUT2D eigenvalue weighted by atomic mass is 16.2. The Hall–Kier alpha value is -2.37. The summed E-state index contributed by atoms with van der Waals surface area (Å²) in [7, 11) is 0. The molecule has 0 unspecified atom stereocenters. The summed E-state index contributed by atoms with van der Waals surface area (Å²) in [4.78, 5) is 36.9. The topological polar surface area (TPSA) is 87.3 Å². The number of nitrogens with one attached hydrogen (secondary N) is 3. The van der Waals surface area contributed by atoms with Crippen LogP contribution in [0.15, 0.2) is 0 Å². The molecule has 27 heavy (non-hydrogen) atoms. The summed E-state index contributed by atoms with van der Waals surface area (Å²) in [5.41, 5.74) is 4.19. The zero-order valence-electron chi connectivity index (χ0n) is 18.0. The molecule has 3 N–H and O–H groups in total. The number of carbonyl (C=O) groups is 3. The lowest BCUT2D eigenvalue weighted by Crippen LogP contribution is -2.24. The van der Waals surface area contributed by atoms with Gasteiger partial charge in [-0.1, -0.05) is 41.5 Å². The van der Waals surface area contributed by atoms with Crippen molar-refractivity contribution in [3.63, 3.8) is 0 Å². The van der Waals surface area contributed by atoms with E-state index in [-0.39, 0.29) is 35.5 Å². The summed E-state index contributed by atoms with van der Waals surface area (Å²) in [5.74, 6) is -0.917. The highest BCUT2D eigenvalue weighted by Gasteiger charge is 2.23. The molecule has 3 amide bonds. The fraction of sp³-hybridized carbons (Fsp3) is 0.571. The van der Waals surface area contributed by atoms with E-state index in [4.69, 9.17) is 0 Å². The van der Waals surface area contributed by atoms with E-state index < -0.39 is 0 Å². The fourth-order valence-corrected chi connectivity index (χ4v) is 2.58. The zero-order valence-corrected chi connectivity index (χ0v) is 18.0. The van der Waals surface area contributed by atoms with Crippen molar-refractivity contribution < 1.29 is 14.4 Å². The number of amides is 3. The van der Waals surface area contributed by atoms with Crippen molar-refractivity contribution in [2.45, 2.75) is 62.3 Å². The minimum absolute atomic E-state index is 0.118. The molecule has 0 aliphatic rings. The number of hydrogen-bond acceptors (Lipinski definition) is 3. The molecule has 0 saturated heterocycles. The Kier molecular flexibility index (Phi) is 7.57. The van der Waals surface area contributed by atoms with Crippen LogP contribution >= 0.6 is 0 Å². The molecule has 1 aromatic rings. The molecule has 0 heterocycles. The lowest BCUT2D eigenvalue weighted by molar-refractivity contribution is -0.119. The second kappa shape index (κ2) is 9.02. The zero-order chi connectivity index (χ0) is 21.0. The fourth-order valence-electron chi connectivity index (χ4n) is 2.58. The summed E-state index contributed by atoms with van der Waals surface area (Å²) >= 11 is 0. The molecule has 0 spiro atoms. The third kappa shape index (κ3) is 5.31. The molecule has 1 rings (SSSR count). The van der Waals surface area contributed by atoms with E-state index in [9.17, 15) is 14.4 Å². The van der Waals surface area contributed by atoms with E-state index in [1.165, 1.54) is 0 Å². The highest BCUT2D eigenvalue weighted by Crippen LogP contribution is 2.38. The highest BCUT2D eigenvalue weighted by molar-refractivity contribution is 6.03. The number of benzene rings is 1. The van der Waals surface area contributed by atoms with Gasteiger partial charge in [-0.3, -0.25) is 14.4 Å². The Balaban J connectivity index is 3.59. The molecule has 0 aliphatic carbocycles. The predicted molar refractivity (Wildman–Crippen MR) is 111 cm³/mol. The van der Waals surface area contributed by atoms with Gasteiger partial charge < -0.3 is 16.0 Å². The molecule has 0 atom stereocenters. The van der Waals surface area contributed by atoms with Gasteiger partial charge in [0, 0.05) is 17.8 Å². The lowest BCUT2D eigenvalue weighted by atomic mass is 9.97. The molecular formula is C21H33N3O3. The molecule has 6 heteroatoms. The second-order valence-corrected chi connectivity index (χ2v) is 7.93. The number of rotatable bonds is 6.